The van der Waals surface area contributed by atoms with E-state index in [1.165, 1.54) is 0 Å². The lowest BCUT2D eigenvalue weighted by molar-refractivity contribution is 0.0159. The molecule has 0 radical (unpaired) electrons. The van der Waals surface area contributed by atoms with Crippen LogP contribution in [0, 0.1) is 0 Å². The van der Waals surface area contributed by atoms with E-state index in [1.54, 1.807) is 19.5 Å². The van der Waals surface area contributed by atoms with E-state index in [-0.39, 0.29) is 0 Å². The summed E-state index contributed by atoms with van der Waals surface area (Å²) in [6.45, 7) is 3.91. The molecule has 0 aliphatic carbocycles. The zero-order valence-corrected chi connectivity index (χ0v) is 8.46. The summed E-state index contributed by atoms with van der Waals surface area (Å²) in [5, 5.41) is 2.98. The second-order valence-electron chi connectivity index (χ2n) is 3.22. The Morgan fingerprint density at radius 3 is 2.46 bits per heavy atom. The summed E-state index contributed by atoms with van der Waals surface area (Å²) in [6.07, 6.45) is 3.32. The van der Waals surface area contributed by atoms with Crippen molar-refractivity contribution in [1.82, 2.24) is 9.97 Å². The predicted molar refractivity (Wildman–Crippen MR) is 51.6 cm³/mol. The van der Waals surface area contributed by atoms with Gasteiger partial charge in [0.2, 0.25) is 0 Å². The van der Waals surface area contributed by atoms with Gasteiger partial charge in [-0.15, -0.1) is 0 Å². The molecule has 0 fully saturated rings. The topological polar surface area (TPSA) is 47.0 Å². The minimum absolute atomic E-state index is 0.410. The molecule has 0 amide bonds. The summed E-state index contributed by atoms with van der Waals surface area (Å²) >= 11 is 0. The molecule has 0 saturated heterocycles. The number of anilines is 1. The molecule has 0 aliphatic heterocycles. The Bertz CT molecular complexity index is 286. The molecule has 0 unspecified atom stereocenters. The Labute approximate surface area is 78.4 Å². The molecule has 1 aromatic rings. The fraction of sp³-hybridized carbons (Fsp3) is 0.556. The highest BCUT2D eigenvalue weighted by molar-refractivity contribution is 5.41. The Kier molecular flexibility index (Phi) is 2.83. The van der Waals surface area contributed by atoms with Crippen molar-refractivity contribution in [3.63, 3.8) is 0 Å². The first kappa shape index (κ1) is 9.92. The first-order valence-electron chi connectivity index (χ1n) is 4.16. The first-order valence-corrected chi connectivity index (χ1v) is 4.16. The number of nitrogens with one attached hydrogen (secondary N) is 1. The van der Waals surface area contributed by atoms with Gasteiger partial charge in [0, 0.05) is 26.6 Å². The molecule has 0 bridgehead atoms. The van der Waals surface area contributed by atoms with Crippen molar-refractivity contribution in [3.8, 4) is 0 Å². The van der Waals surface area contributed by atoms with Crippen molar-refractivity contribution in [2.75, 3.05) is 19.5 Å². The molecule has 4 nitrogen and oxygen atoms in total. The van der Waals surface area contributed by atoms with Gasteiger partial charge in [0.05, 0.1) is 0 Å². The van der Waals surface area contributed by atoms with Gasteiger partial charge in [-0.1, -0.05) is 0 Å². The zero-order chi connectivity index (χ0) is 9.90. The average Bonchev–Trinajstić information content (AvgIpc) is 2.18. The number of aromatic nitrogens is 2. The van der Waals surface area contributed by atoms with Gasteiger partial charge in [-0.05, 0) is 13.8 Å². The second kappa shape index (κ2) is 3.70. The Hall–Kier alpha value is -1.16. The zero-order valence-electron chi connectivity index (χ0n) is 8.46. The number of ether oxygens (including phenoxy) is 1. The summed E-state index contributed by atoms with van der Waals surface area (Å²) in [4.78, 5) is 8.40. The van der Waals surface area contributed by atoms with Crippen LogP contribution in [0.15, 0.2) is 12.4 Å². The van der Waals surface area contributed by atoms with Crippen molar-refractivity contribution in [2.24, 2.45) is 0 Å². The van der Waals surface area contributed by atoms with Gasteiger partial charge in [-0.25, -0.2) is 4.98 Å². The normalized spacial score (nSPS) is 11.4. The molecular formula is C9H15N3O. The highest BCUT2D eigenvalue weighted by atomic mass is 16.5. The monoisotopic (exact) mass is 181 g/mol. The highest BCUT2D eigenvalue weighted by Gasteiger charge is 2.24. The molecule has 0 saturated carbocycles. The van der Waals surface area contributed by atoms with Crippen molar-refractivity contribution < 1.29 is 4.74 Å². The molecule has 0 spiro atoms. The fourth-order valence-corrected chi connectivity index (χ4v) is 1.06. The van der Waals surface area contributed by atoms with Crippen LogP contribution in [0.25, 0.3) is 0 Å². The molecule has 0 aromatic carbocycles. The molecule has 1 heterocycles. The number of rotatable bonds is 3. The van der Waals surface area contributed by atoms with Gasteiger partial charge in [-0.3, -0.25) is 4.98 Å². The van der Waals surface area contributed by atoms with Crippen molar-refractivity contribution in [3.05, 3.63) is 18.1 Å². The molecule has 1 rings (SSSR count). The van der Waals surface area contributed by atoms with Crippen LogP contribution >= 0.6 is 0 Å². The van der Waals surface area contributed by atoms with Crippen molar-refractivity contribution >= 4 is 5.82 Å². The molecule has 72 valence electrons. The van der Waals surface area contributed by atoms with E-state index in [0.717, 1.165) is 11.5 Å². The van der Waals surface area contributed by atoms with Crippen molar-refractivity contribution in [2.45, 2.75) is 19.4 Å². The average molecular weight is 181 g/mol. The van der Waals surface area contributed by atoms with Crippen LogP contribution in [-0.2, 0) is 10.3 Å². The van der Waals surface area contributed by atoms with Crippen LogP contribution in [0.5, 0.6) is 0 Å². The third kappa shape index (κ3) is 1.95. The number of methoxy groups -OCH3 is 1. The van der Waals surface area contributed by atoms with Crippen LogP contribution in [0.3, 0.4) is 0 Å². The maximum atomic E-state index is 5.32. The Morgan fingerprint density at radius 2 is 1.92 bits per heavy atom. The van der Waals surface area contributed by atoms with Crippen LogP contribution < -0.4 is 5.32 Å². The summed E-state index contributed by atoms with van der Waals surface area (Å²) < 4.78 is 5.32. The van der Waals surface area contributed by atoms with E-state index in [0.29, 0.717) is 0 Å². The number of nitrogens with zero attached hydrogens (tertiary/aromatic N) is 2. The third-order valence-electron chi connectivity index (χ3n) is 2.02. The summed E-state index contributed by atoms with van der Waals surface area (Å²) in [5.74, 6) is 0.759. The number of hydrogen-bond acceptors (Lipinski definition) is 4. The van der Waals surface area contributed by atoms with Crippen LogP contribution in [0.2, 0.25) is 0 Å². The quantitative estimate of drug-likeness (QED) is 0.765. The van der Waals surface area contributed by atoms with Gasteiger partial charge >= 0.3 is 0 Å². The Morgan fingerprint density at radius 1 is 1.31 bits per heavy atom. The predicted octanol–water partition coefficient (Wildman–Crippen LogP) is 1.40. The summed E-state index contributed by atoms with van der Waals surface area (Å²) in [6, 6.07) is 0. The lowest BCUT2D eigenvalue weighted by Gasteiger charge is -2.23. The van der Waals surface area contributed by atoms with Gasteiger partial charge < -0.3 is 10.1 Å². The van der Waals surface area contributed by atoms with Crippen LogP contribution in [0.4, 0.5) is 5.82 Å². The minimum Gasteiger partial charge on any atom is -0.372 e. The maximum Gasteiger partial charge on any atom is 0.150 e. The molecule has 4 heteroatoms. The van der Waals surface area contributed by atoms with Gasteiger partial charge in [0.25, 0.3) is 0 Å². The first-order chi connectivity index (χ1) is 6.11. The van der Waals surface area contributed by atoms with E-state index >= 15 is 0 Å². The maximum absolute atomic E-state index is 5.32. The molecule has 1 aromatic heterocycles. The van der Waals surface area contributed by atoms with Crippen molar-refractivity contribution in [1.29, 1.82) is 0 Å². The second-order valence-corrected chi connectivity index (χ2v) is 3.22. The standard InChI is InChI=1S/C9H15N3O/c1-9(2,13-4)7-8(10-3)12-6-5-11-7/h5-6H,1-4H3,(H,10,12). The van der Waals surface area contributed by atoms with Gasteiger partial charge in [0.1, 0.15) is 17.1 Å². The van der Waals surface area contributed by atoms with E-state index in [2.05, 4.69) is 15.3 Å². The Balaban J connectivity index is 3.12. The van der Waals surface area contributed by atoms with E-state index in [1.807, 2.05) is 20.9 Å². The third-order valence-corrected chi connectivity index (χ3v) is 2.02. The molecule has 0 atom stereocenters. The lowest BCUT2D eigenvalue weighted by atomic mass is 10.0. The fourth-order valence-electron chi connectivity index (χ4n) is 1.06. The van der Waals surface area contributed by atoms with E-state index in [9.17, 15) is 0 Å². The number of hydrogen-bond donors (Lipinski definition) is 1. The summed E-state index contributed by atoms with van der Waals surface area (Å²) in [7, 11) is 3.48. The highest BCUT2D eigenvalue weighted by Crippen LogP contribution is 2.26. The van der Waals surface area contributed by atoms with Gasteiger partial charge in [-0.2, -0.15) is 0 Å². The SMILES string of the molecule is CNc1nccnc1C(C)(C)OC. The molecule has 0 aliphatic rings. The smallest absolute Gasteiger partial charge is 0.150 e. The molecular weight excluding hydrogens is 166 g/mol. The van der Waals surface area contributed by atoms with E-state index in [4.69, 9.17) is 4.74 Å². The van der Waals surface area contributed by atoms with Crippen LogP contribution in [-0.4, -0.2) is 24.1 Å². The summed E-state index contributed by atoms with van der Waals surface area (Å²) in [5.41, 5.74) is 0.409. The van der Waals surface area contributed by atoms with Gasteiger partial charge in [0.15, 0.2) is 0 Å². The lowest BCUT2D eigenvalue weighted by Crippen LogP contribution is -2.23. The van der Waals surface area contributed by atoms with Crippen LogP contribution in [0.1, 0.15) is 19.5 Å². The molecule has 13 heavy (non-hydrogen) atoms. The molecule has 1 N–H and O–H groups in total. The minimum atomic E-state index is -0.410. The largest absolute Gasteiger partial charge is 0.372 e. The van der Waals surface area contributed by atoms with E-state index < -0.39 is 5.60 Å².